The molecule has 15 atom stereocenters. The van der Waals surface area contributed by atoms with E-state index in [4.69, 9.17) is 23.7 Å². The second-order valence-electron chi connectivity index (χ2n) is 39.2. The highest BCUT2D eigenvalue weighted by Gasteiger charge is 2.33. The van der Waals surface area contributed by atoms with Crippen LogP contribution in [0.25, 0.3) is 0 Å². The van der Waals surface area contributed by atoms with Crippen molar-refractivity contribution in [2.75, 3.05) is 38.0 Å². The maximum absolute atomic E-state index is 6.30. The minimum absolute atomic E-state index is 0.355. The van der Waals surface area contributed by atoms with Crippen LogP contribution >= 0.6 is 0 Å². The van der Waals surface area contributed by atoms with Crippen LogP contribution in [0, 0.1) is 107 Å². The minimum Gasteiger partial charge on any atom is -0.490 e. The number of ether oxygens (including phenoxy) is 5. The van der Waals surface area contributed by atoms with Crippen LogP contribution in [0.4, 0.5) is 5.69 Å². The number of rotatable bonds is 34. The maximum atomic E-state index is 6.30. The van der Waals surface area contributed by atoms with Crippen LogP contribution in [-0.2, 0) is 19.5 Å². The number of nitrogens with one attached hydrogen (secondary N) is 4. The van der Waals surface area contributed by atoms with Gasteiger partial charge in [-0.05, 0) is 404 Å². The Morgan fingerprint density at radius 2 is 0.624 bits per heavy atom. The first-order valence-corrected chi connectivity index (χ1v) is 49.5. The topological polar surface area (TPSA) is 107 Å². The van der Waals surface area contributed by atoms with Crippen molar-refractivity contribution >= 4 is 5.69 Å². The smallest absolute Gasteiger partial charge is 0.119 e. The number of nitrogens with zero attached hydrogens (tertiary/aromatic N) is 1. The molecule has 0 saturated heterocycles. The quantitative estimate of drug-likeness (QED) is 0.0312. The Labute approximate surface area is 757 Å². The molecule has 676 valence electrons. The number of pyridine rings is 1. The number of aromatic nitrogens is 1. The first kappa shape index (κ1) is 97.2. The first-order chi connectivity index (χ1) is 60.9. The van der Waals surface area contributed by atoms with Gasteiger partial charge in [0, 0.05) is 37.7 Å². The average Bonchev–Trinajstić information content (AvgIpc) is 0.870. The fraction of sp³-hybridized carbons (Fsp3) is 0.539. The molecular formula is C115H161N5O5. The largest absolute Gasteiger partial charge is 0.490 e. The van der Waals surface area contributed by atoms with Gasteiger partial charge in [0.15, 0.2) is 0 Å². The molecule has 1 aromatic heterocycles. The molecule has 6 aliphatic rings. The normalized spacial score (nSPS) is 22.6. The number of hydrogen-bond acceptors (Lipinski definition) is 10. The minimum atomic E-state index is 0.355. The molecule has 8 aromatic carbocycles. The lowest BCUT2D eigenvalue weighted by atomic mass is 9.77. The number of anilines is 1. The summed E-state index contributed by atoms with van der Waals surface area (Å²) in [7, 11) is 0. The highest BCUT2D eigenvalue weighted by Crippen LogP contribution is 2.40. The number of benzene rings is 8. The summed E-state index contributed by atoms with van der Waals surface area (Å²) in [6.45, 7) is 32.3. The van der Waals surface area contributed by atoms with E-state index >= 15 is 0 Å². The van der Waals surface area contributed by atoms with Crippen molar-refractivity contribution in [2.45, 2.75) is 300 Å². The van der Waals surface area contributed by atoms with E-state index in [2.05, 4.69) is 309 Å². The second kappa shape index (κ2) is 54.0. The summed E-state index contributed by atoms with van der Waals surface area (Å²) in [5, 5.41) is 14.6. The third-order valence-corrected chi connectivity index (χ3v) is 28.3. The summed E-state index contributed by atoms with van der Waals surface area (Å²) in [6, 6.07) is 76.7. The van der Waals surface area contributed by atoms with Crippen molar-refractivity contribution in [2.24, 2.45) is 65.1 Å². The summed E-state index contributed by atoms with van der Waals surface area (Å²) in [5.41, 5.74) is 13.1. The monoisotopic (exact) mass is 1690 g/mol. The summed E-state index contributed by atoms with van der Waals surface area (Å²) in [4.78, 5) is 4.06. The van der Waals surface area contributed by atoms with Crippen LogP contribution in [0.5, 0.6) is 28.7 Å². The summed E-state index contributed by atoms with van der Waals surface area (Å²) in [5.74, 6) is 13.5. The Morgan fingerprint density at radius 1 is 0.296 bits per heavy atom. The molecule has 10 nitrogen and oxygen atoms in total. The summed E-state index contributed by atoms with van der Waals surface area (Å²) < 4.78 is 31.4. The molecule has 125 heavy (non-hydrogen) atoms. The highest BCUT2D eigenvalue weighted by atomic mass is 16.5. The van der Waals surface area contributed by atoms with Crippen LogP contribution < -0.4 is 45.0 Å². The fourth-order valence-electron chi connectivity index (χ4n) is 20.5. The molecule has 1 heterocycles. The van der Waals surface area contributed by atoms with Gasteiger partial charge in [0.05, 0.1) is 30.5 Å². The average molecular weight is 1690 g/mol. The van der Waals surface area contributed by atoms with Gasteiger partial charge in [-0.2, -0.15) is 0 Å². The predicted octanol–water partition coefficient (Wildman–Crippen LogP) is 28.4. The second-order valence-corrected chi connectivity index (χ2v) is 39.2. The van der Waals surface area contributed by atoms with E-state index in [0.29, 0.717) is 48.3 Å². The van der Waals surface area contributed by atoms with Crippen molar-refractivity contribution in [1.82, 2.24) is 20.9 Å². The Hall–Kier alpha value is -8.41. The van der Waals surface area contributed by atoms with E-state index in [9.17, 15) is 0 Å². The van der Waals surface area contributed by atoms with E-state index in [1.807, 2.05) is 24.5 Å². The lowest BCUT2D eigenvalue weighted by molar-refractivity contribution is 0.0996. The zero-order valence-electron chi connectivity index (χ0n) is 78.9. The molecule has 15 rings (SSSR count). The molecule has 4 N–H and O–H groups in total. The fourth-order valence-corrected chi connectivity index (χ4v) is 20.5. The molecule has 6 fully saturated rings. The molecule has 0 bridgehead atoms. The predicted molar refractivity (Wildman–Crippen MR) is 526 cm³/mol. The molecule has 0 amide bonds. The lowest BCUT2D eigenvalue weighted by Gasteiger charge is -2.33. The Bertz CT molecular complexity index is 4270. The molecule has 10 heteroatoms. The Balaban J connectivity index is 0.000000152. The number of hydrogen-bond donors (Lipinski definition) is 4. The molecule has 0 aliphatic heterocycles. The maximum Gasteiger partial charge on any atom is 0.119 e. The molecule has 6 aliphatic carbocycles. The van der Waals surface area contributed by atoms with Gasteiger partial charge in [0.1, 0.15) is 28.7 Å². The van der Waals surface area contributed by atoms with Gasteiger partial charge in [-0.1, -0.05) is 211 Å². The third-order valence-electron chi connectivity index (χ3n) is 28.3. The van der Waals surface area contributed by atoms with E-state index < -0.39 is 0 Å². The van der Waals surface area contributed by atoms with E-state index in [1.54, 1.807) is 0 Å². The van der Waals surface area contributed by atoms with Gasteiger partial charge >= 0.3 is 0 Å². The zero-order chi connectivity index (χ0) is 87.6. The van der Waals surface area contributed by atoms with E-state index in [1.165, 1.54) is 237 Å². The van der Waals surface area contributed by atoms with E-state index in [0.717, 1.165) is 121 Å². The van der Waals surface area contributed by atoms with Crippen molar-refractivity contribution in [3.63, 3.8) is 0 Å². The Kier molecular flexibility index (Phi) is 42.0. The molecule has 0 radical (unpaired) electrons. The summed E-state index contributed by atoms with van der Waals surface area (Å²) >= 11 is 0. The Morgan fingerprint density at radius 3 is 0.968 bits per heavy atom. The molecule has 5 unspecified atom stereocenters. The van der Waals surface area contributed by atoms with Crippen LogP contribution in [-0.4, -0.2) is 68.2 Å². The van der Waals surface area contributed by atoms with Gasteiger partial charge in [0.25, 0.3) is 0 Å². The van der Waals surface area contributed by atoms with Crippen LogP contribution in [0.1, 0.15) is 258 Å². The van der Waals surface area contributed by atoms with Crippen molar-refractivity contribution < 1.29 is 23.7 Å². The van der Waals surface area contributed by atoms with Crippen LogP contribution in [0.3, 0.4) is 0 Å². The molecule has 6 saturated carbocycles. The van der Waals surface area contributed by atoms with Gasteiger partial charge in [0.2, 0.25) is 0 Å². The SMILES string of the molecule is Cc1ccc(CCCC(C)[C@H]2CCC[C@@H](Oc3cccc(C)c3)C2)cc1.Cc1cccc(O[C@@H]2CCC[C@H](C(C)CNCC3CCCCC3)C2)c1.Cc1cccc(O[C@@H]2CCC[C@H](C(C)CNCc3ccccc3)C2)c1.Cc1cccc(O[C@@H]2CCC[C@H](C(C)CNCc3ccccc3)C2)c1.Cc1cccc(O[C@@H]2CCC[C@H](C(C)CNc3ccncc3)C2)c1. The first-order valence-electron chi connectivity index (χ1n) is 49.5. The van der Waals surface area contributed by atoms with Crippen LogP contribution in [0.15, 0.2) is 231 Å². The molecular weight excluding hydrogens is 1530 g/mol. The zero-order valence-corrected chi connectivity index (χ0v) is 78.9. The van der Waals surface area contributed by atoms with Gasteiger partial charge in [-0.25, -0.2) is 0 Å². The third kappa shape index (κ3) is 36.3. The van der Waals surface area contributed by atoms with Gasteiger partial charge in [-0.3, -0.25) is 4.98 Å². The van der Waals surface area contributed by atoms with Gasteiger partial charge in [-0.15, -0.1) is 0 Å². The van der Waals surface area contributed by atoms with Gasteiger partial charge < -0.3 is 45.0 Å². The van der Waals surface area contributed by atoms with Crippen LogP contribution in [0.2, 0.25) is 0 Å². The molecule has 9 aromatic rings. The highest BCUT2D eigenvalue weighted by molar-refractivity contribution is 5.41. The summed E-state index contributed by atoms with van der Waals surface area (Å²) in [6.07, 6.45) is 41.8. The van der Waals surface area contributed by atoms with Crippen molar-refractivity contribution in [3.8, 4) is 28.7 Å². The standard InChI is InChI=1S/C25H34O.C23H37NO.2C23H31NO.C21H28N2O/c1-19-13-15-22(16-14-19)9-5-8-21(3)23-10-6-12-25(18-23)26-24-11-4-7-20(2)17-24;3*1-18-8-6-12-22(14-18)25-23-13-7-11-21(15-23)19(2)16-24-17-20-9-4-3-5-10-20;1-16-5-3-7-20(13-16)24-21-8-4-6-18(14-21)17(2)15-23-19-9-11-22-12-10-19/h4,7,11,13-17,21,23,25H,5-6,8-10,12,18H2,1-3H3;6,8,12,14,19-21,23-24H,3-5,7,9-11,13,15-17H2,1-2H3;2*3-6,8-10,12,14,19,21,23-24H,7,11,13,15-17H2,1-2H3;3,5,7,9-13,17-18,21H,4,6,8,14-15H2,1-2H3,(H,22,23)/t21?,23-,25+;3*19?,21-,23+;17?,18-,21+/m00000/s1. The van der Waals surface area contributed by atoms with E-state index in [-0.39, 0.29) is 0 Å². The number of aryl methyl sites for hydroxylation is 7. The van der Waals surface area contributed by atoms with Crippen molar-refractivity contribution in [3.05, 3.63) is 281 Å². The van der Waals surface area contributed by atoms with Crippen molar-refractivity contribution in [1.29, 1.82) is 0 Å². The lowest BCUT2D eigenvalue weighted by Crippen LogP contribution is -2.35. The molecule has 0 spiro atoms.